The van der Waals surface area contributed by atoms with E-state index in [-0.39, 0.29) is 17.5 Å². The highest BCUT2D eigenvalue weighted by Crippen LogP contribution is 2.31. The Balaban J connectivity index is 1.59. The van der Waals surface area contributed by atoms with Gasteiger partial charge in [-0.15, -0.1) is 0 Å². The second-order valence-corrected chi connectivity index (χ2v) is 7.43. The fraction of sp³-hybridized carbons (Fsp3) is 0.0500. The first-order chi connectivity index (χ1) is 13.1. The number of halogens is 1. The maximum Gasteiger partial charge on any atom is 0.228 e. The molecule has 3 N–H and O–H groups in total. The van der Waals surface area contributed by atoms with Gasteiger partial charge in [-0.25, -0.2) is 9.97 Å². The van der Waals surface area contributed by atoms with Gasteiger partial charge in [0, 0.05) is 11.8 Å². The lowest BCUT2D eigenvalue weighted by molar-refractivity contribution is -0.115. The van der Waals surface area contributed by atoms with Crippen molar-refractivity contribution >= 4 is 49.9 Å². The van der Waals surface area contributed by atoms with Crippen molar-refractivity contribution in [3.05, 3.63) is 71.5 Å². The first-order valence-electron chi connectivity index (χ1n) is 8.24. The SMILES string of the molecule is Nc1nc2ccc(-c3cnc(Cl)c(NC(=O)Cc4ccccc4)c3)cc2s1. The molecule has 0 fully saturated rings. The highest BCUT2D eigenvalue weighted by molar-refractivity contribution is 7.22. The van der Waals surface area contributed by atoms with E-state index < -0.39 is 0 Å². The number of hydrogen-bond acceptors (Lipinski definition) is 5. The van der Waals surface area contributed by atoms with Crippen molar-refractivity contribution in [2.24, 2.45) is 0 Å². The number of fused-ring (bicyclic) bond motifs is 1. The van der Waals surface area contributed by atoms with Gasteiger partial charge in [0.15, 0.2) is 10.3 Å². The molecule has 27 heavy (non-hydrogen) atoms. The number of nitrogen functional groups attached to an aromatic ring is 1. The minimum absolute atomic E-state index is 0.146. The van der Waals surface area contributed by atoms with Gasteiger partial charge in [0.05, 0.1) is 22.3 Å². The first-order valence-corrected chi connectivity index (χ1v) is 9.44. The number of nitrogens with one attached hydrogen (secondary N) is 1. The number of benzene rings is 2. The lowest BCUT2D eigenvalue weighted by Gasteiger charge is -2.09. The molecule has 134 valence electrons. The number of thiazole rings is 1. The van der Waals surface area contributed by atoms with E-state index in [0.29, 0.717) is 10.8 Å². The molecular weight excluding hydrogens is 380 g/mol. The van der Waals surface area contributed by atoms with E-state index in [0.717, 1.165) is 26.9 Å². The molecule has 2 aromatic heterocycles. The topological polar surface area (TPSA) is 80.9 Å². The van der Waals surface area contributed by atoms with Crippen LogP contribution in [0.1, 0.15) is 5.56 Å². The predicted molar refractivity (Wildman–Crippen MR) is 111 cm³/mol. The largest absolute Gasteiger partial charge is 0.375 e. The number of aromatic nitrogens is 2. The molecular formula is C20H15ClN4OS. The Morgan fingerprint density at radius 2 is 1.93 bits per heavy atom. The summed E-state index contributed by atoms with van der Waals surface area (Å²) in [4.78, 5) is 20.8. The fourth-order valence-electron chi connectivity index (χ4n) is 2.79. The number of pyridine rings is 1. The highest BCUT2D eigenvalue weighted by Gasteiger charge is 2.11. The monoisotopic (exact) mass is 394 g/mol. The molecule has 0 aliphatic carbocycles. The second-order valence-electron chi connectivity index (χ2n) is 6.01. The van der Waals surface area contributed by atoms with Gasteiger partial charge in [-0.3, -0.25) is 4.79 Å². The number of nitrogens with two attached hydrogens (primary N) is 1. The van der Waals surface area contributed by atoms with Crippen LogP contribution in [0.3, 0.4) is 0 Å². The zero-order chi connectivity index (χ0) is 18.8. The van der Waals surface area contributed by atoms with Crippen molar-refractivity contribution in [1.82, 2.24) is 9.97 Å². The number of anilines is 2. The summed E-state index contributed by atoms with van der Waals surface area (Å²) in [5.74, 6) is -0.146. The summed E-state index contributed by atoms with van der Waals surface area (Å²) in [5, 5.41) is 3.63. The van der Waals surface area contributed by atoms with Crippen LogP contribution in [-0.4, -0.2) is 15.9 Å². The third-order valence-electron chi connectivity index (χ3n) is 4.06. The Hall–Kier alpha value is -2.96. The van der Waals surface area contributed by atoms with Crippen molar-refractivity contribution in [2.75, 3.05) is 11.1 Å². The van der Waals surface area contributed by atoms with Crippen molar-refractivity contribution in [1.29, 1.82) is 0 Å². The van der Waals surface area contributed by atoms with E-state index in [1.165, 1.54) is 11.3 Å². The molecule has 0 saturated carbocycles. The fourth-order valence-corrected chi connectivity index (χ4v) is 3.72. The molecule has 7 heteroatoms. The number of hydrogen-bond donors (Lipinski definition) is 2. The molecule has 2 heterocycles. The van der Waals surface area contributed by atoms with Gasteiger partial charge >= 0.3 is 0 Å². The van der Waals surface area contributed by atoms with Crippen LogP contribution in [-0.2, 0) is 11.2 Å². The van der Waals surface area contributed by atoms with Crippen LogP contribution >= 0.6 is 22.9 Å². The summed E-state index contributed by atoms with van der Waals surface area (Å²) in [7, 11) is 0. The van der Waals surface area contributed by atoms with Crippen LogP contribution in [0.4, 0.5) is 10.8 Å². The van der Waals surface area contributed by atoms with Crippen molar-refractivity contribution < 1.29 is 4.79 Å². The van der Waals surface area contributed by atoms with E-state index in [9.17, 15) is 4.79 Å². The lowest BCUT2D eigenvalue weighted by atomic mass is 10.1. The molecule has 0 atom stereocenters. The summed E-state index contributed by atoms with van der Waals surface area (Å²) in [6, 6.07) is 17.2. The number of carbonyl (C=O) groups excluding carboxylic acids is 1. The predicted octanol–water partition coefficient (Wildman–Crippen LogP) is 4.78. The highest BCUT2D eigenvalue weighted by atomic mass is 35.5. The molecule has 0 bridgehead atoms. The third-order valence-corrected chi connectivity index (χ3v) is 5.21. The molecule has 2 aromatic carbocycles. The molecule has 0 radical (unpaired) electrons. The molecule has 0 aliphatic heterocycles. The van der Waals surface area contributed by atoms with Gasteiger partial charge in [-0.2, -0.15) is 0 Å². The molecule has 0 aliphatic rings. The van der Waals surface area contributed by atoms with Crippen molar-refractivity contribution in [2.45, 2.75) is 6.42 Å². The number of rotatable bonds is 4. The van der Waals surface area contributed by atoms with E-state index in [4.69, 9.17) is 17.3 Å². The summed E-state index contributed by atoms with van der Waals surface area (Å²) < 4.78 is 0.995. The molecule has 5 nitrogen and oxygen atoms in total. The first kappa shape index (κ1) is 17.5. The van der Waals surface area contributed by atoms with Gasteiger partial charge in [-0.1, -0.05) is 59.3 Å². The summed E-state index contributed by atoms with van der Waals surface area (Å²) in [6.45, 7) is 0. The zero-order valence-electron chi connectivity index (χ0n) is 14.1. The summed E-state index contributed by atoms with van der Waals surface area (Å²) >= 11 is 7.61. The molecule has 4 aromatic rings. The summed E-state index contributed by atoms with van der Waals surface area (Å²) in [6.07, 6.45) is 1.95. The Bertz CT molecular complexity index is 1130. The summed E-state index contributed by atoms with van der Waals surface area (Å²) in [5.41, 5.74) is 9.85. The third kappa shape index (κ3) is 3.92. The minimum atomic E-state index is -0.146. The standard InChI is InChI=1S/C20H15ClN4OS/c21-19-16(24-18(26)8-12-4-2-1-3-5-12)9-14(11-23-19)13-6-7-15-17(10-13)27-20(22)25-15/h1-7,9-11H,8H2,(H2,22,25)(H,24,26). The van der Waals surface area contributed by atoms with Crippen molar-refractivity contribution in [3.8, 4) is 11.1 Å². The van der Waals surface area contributed by atoms with Gasteiger partial charge in [0.2, 0.25) is 5.91 Å². The quantitative estimate of drug-likeness (QED) is 0.488. The Morgan fingerprint density at radius 3 is 2.74 bits per heavy atom. The minimum Gasteiger partial charge on any atom is -0.375 e. The maximum absolute atomic E-state index is 12.3. The number of amides is 1. The van der Waals surface area contributed by atoms with Gasteiger partial charge < -0.3 is 11.1 Å². The van der Waals surface area contributed by atoms with Gasteiger partial charge in [-0.05, 0) is 29.3 Å². The van der Waals surface area contributed by atoms with Crippen molar-refractivity contribution in [3.63, 3.8) is 0 Å². The Labute approximate surface area is 164 Å². The molecule has 0 unspecified atom stereocenters. The van der Waals surface area contributed by atoms with Crippen LogP contribution in [0.5, 0.6) is 0 Å². The molecule has 0 spiro atoms. The Morgan fingerprint density at radius 1 is 1.11 bits per heavy atom. The lowest BCUT2D eigenvalue weighted by Crippen LogP contribution is -2.15. The average molecular weight is 395 g/mol. The van der Waals surface area contributed by atoms with E-state index in [2.05, 4.69) is 15.3 Å². The van der Waals surface area contributed by atoms with Crippen LogP contribution in [0, 0.1) is 0 Å². The average Bonchev–Trinajstić information content (AvgIpc) is 3.03. The van der Waals surface area contributed by atoms with Crippen LogP contribution in [0.2, 0.25) is 5.15 Å². The number of nitrogens with zero attached hydrogens (tertiary/aromatic N) is 2. The molecule has 0 saturated heterocycles. The Kier molecular flexibility index (Phi) is 4.75. The van der Waals surface area contributed by atoms with E-state index >= 15 is 0 Å². The second kappa shape index (κ2) is 7.34. The smallest absolute Gasteiger partial charge is 0.228 e. The van der Waals surface area contributed by atoms with E-state index in [1.54, 1.807) is 6.20 Å². The number of carbonyl (C=O) groups is 1. The zero-order valence-corrected chi connectivity index (χ0v) is 15.7. The normalized spacial score (nSPS) is 10.9. The van der Waals surface area contributed by atoms with Crippen LogP contribution < -0.4 is 11.1 Å². The maximum atomic E-state index is 12.3. The van der Waals surface area contributed by atoms with Crippen LogP contribution in [0.15, 0.2) is 60.8 Å². The van der Waals surface area contributed by atoms with Gasteiger partial charge in [0.25, 0.3) is 0 Å². The van der Waals surface area contributed by atoms with E-state index in [1.807, 2.05) is 54.6 Å². The van der Waals surface area contributed by atoms with Crippen LogP contribution in [0.25, 0.3) is 21.3 Å². The molecule has 4 rings (SSSR count). The molecule has 1 amide bonds. The van der Waals surface area contributed by atoms with Gasteiger partial charge in [0.1, 0.15) is 0 Å².